The number of methoxy groups -OCH3 is 1. The van der Waals surface area contributed by atoms with Gasteiger partial charge in [0.25, 0.3) is 0 Å². The summed E-state index contributed by atoms with van der Waals surface area (Å²) in [5.74, 6) is 0.215. The third-order valence-corrected chi connectivity index (χ3v) is 3.43. The zero-order chi connectivity index (χ0) is 12.3. The monoisotopic (exact) mass is 233 g/mol. The Bertz CT molecular complexity index is 403. The molecule has 1 heterocycles. The highest BCUT2D eigenvalue weighted by atomic mass is 16.5. The van der Waals surface area contributed by atoms with Gasteiger partial charge in [-0.05, 0) is 24.5 Å². The van der Waals surface area contributed by atoms with Crippen molar-refractivity contribution in [1.82, 2.24) is 4.90 Å². The van der Waals surface area contributed by atoms with E-state index in [1.165, 1.54) is 5.56 Å². The van der Waals surface area contributed by atoms with E-state index in [-0.39, 0.29) is 11.9 Å². The van der Waals surface area contributed by atoms with Crippen molar-refractivity contribution >= 4 is 5.91 Å². The Morgan fingerprint density at radius 3 is 2.82 bits per heavy atom. The lowest BCUT2D eigenvalue weighted by molar-refractivity contribution is -0.140. The number of hydrogen-bond donors (Lipinski definition) is 0. The van der Waals surface area contributed by atoms with E-state index < -0.39 is 0 Å². The van der Waals surface area contributed by atoms with Gasteiger partial charge in [0.1, 0.15) is 0 Å². The molecule has 17 heavy (non-hydrogen) atoms. The molecule has 3 nitrogen and oxygen atoms in total. The lowest BCUT2D eigenvalue weighted by atomic mass is 10.00. The van der Waals surface area contributed by atoms with Crippen LogP contribution in [0, 0.1) is 6.92 Å². The van der Waals surface area contributed by atoms with Crippen LogP contribution in [0.3, 0.4) is 0 Å². The Balaban J connectivity index is 1.96. The van der Waals surface area contributed by atoms with Gasteiger partial charge >= 0.3 is 0 Å². The molecule has 1 aliphatic heterocycles. The molecule has 0 aromatic heterocycles. The van der Waals surface area contributed by atoms with Crippen LogP contribution in [-0.4, -0.2) is 37.1 Å². The Morgan fingerprint density at radius 1 is 1.47 bits per heavy atom. The third kappa shape index (κ3) is 2.67. The zero-order valence-corrected chi connectivity index (χ0v) is 10.5. The molecular weight excluding hydrogens is 214 g/mol. The topological polar surface area (TPSA) is 29.5 Å². The molecule has 1 aromatic rings. The van der Waals surface area contributed by atoms with E-state index in [0.717, 1.165) is 18.5 Å². The maximum atomic E-state index is 12.1. The van der Waals surface area contributed by atoms with Gasteiger partial charge < -0.3 is 9.64 Å². The average Bonchev–Trinajstić information content (AvgIpc) is 2.27. The number of benzene rings is 1. The number of amides is 1. The summed E-state index contributed by atoms with van der Waals surface area (Å²) < 4.78 is 5.11. The first-order valence-corrected chi connectivity index (χ1v) is 6.05. The molecule has 1 fully saturated rings. The fourth-order valence-corrected chi connectivity index (χ4v) is 2.21. The standard InChI is InChI=1S/C14H19NO2/c1-11-5-3-4-6-12(11)9-14(16)15-8-7-13(15)10-17-2/h3-6,13H,7-10H2,1-2H3. The second kappa shape index (κ2) is 5.32. The van der Waals surface area contributed by atoms with Crippen molar-refractivity contribution in [2.45, 2.75) is 25.8 Å². The highest BCUT2D eigenvalue weighted by Gasteiger charge is 2.31. The predicted molar refractivity (Wildman–Crippen MR) is 66.9 cm³/mol. The Morgan fingerprint density at radius 2 is 2.24 bits per heavy atom. The van der Waals surface area contributed by atoms with E-state index in [4.69, 9.17) is 4.74 Å². The highest BCUT2D eigenvalue weighted by Crippen LogP contribution is 2.19. The molecule has 0 N–H and O–H groups in total. The predicted octanol–water partition coefficient (Wildman–Crippen LogP) is 1.78. The van der Waals surface area contributed by atoms with Crippen LogP contribution in [0.2, 0.25) is 0 Å². The lowest BCUT2D eigenvalue weighted by Crippen LogP contribution is -2.53. The quantitative estimate of drug-likeness (QED) is 0.793. The summed E-state index contributed by atoms with van der Waals surface area (Å²) in [5.41, 5.74) is 2.31. The maximum absolute atomic E-state index is 12.1. The molecule has 1 aliphatic rings. The van der Waals surface area contributed by atoms with Crippen molar-refractivity contribution in [3.8, 4) is 0 Å². The Hall–Kier alpha value is -1.35. The van der Waals surface area contributed by atoms with Gasteiger partial charge in [0.15, 0.2) is 0 Å². The van der Waals surface area contributed by atoms with Gasteiger partial charge in [0.05, 0.1) is 19.1 Å². The first kappa shape index (κ1) is 12.1. The minimum Gasteiger partial charge on any atom is -0.383 e. The van der Waals surface area contributed by atoms with Crippen LogP contribution in [-0.2, 0) is 16.0 Å². The smallest absolute Gasteiger partial charge is 0.227 e. The van der Waals surface area contributed by atoms with E-state index >= 15 is 0 Å². The molecule has 0 bridgehead atoms. The summed E-state index contributed by atoms with van der Waals surface area (Å²) in [6.45, 7) is 3.57. The highest BCUT2D eigenvalue weighted by molar-refractivity contribution is 5.80. The van der Waals surface area contributed by atoms with Crippen molar-refractivity contribution in [2.24, 2.45) is 0 Å². The fourth-order valence-electron chi connectivity index (χ4n) is 2.21. The molecule has 0 spiro atoms. The summed E-state index contributed by atoms with van der Waals surface area (Å²) in [4.78, 5) is 14.0. The van der Waals surface area contributed by atoms with Gasteiger partial charge in [-0.1, -0.05) is 24.3 Å². The number of carbonyl (C=O) groups is 1. The average molecular weight is 233 g/mol. The Kier molecular flexibility index (Phi) is 3.79. The number of ether oxygens (including phenoxy) is 1. The summed E-state index contributed by atoms with van der Waals surface area (Å²) in [5, 5.41) is 0. The number of hydrogen-bond acceptors (Lipinski definition) is 2. The van der Waals surface area contributed by atoms with Gasteiger partial charge in [0, 0.05) is 13.7 Å². The van der Waals surface area contributed by atoms with Crippen molar-refractivity contribution in [3.05, 3.63) is 35.4 Å². The molecule has 0 saturated carbocycles. The maximum Gasteiger partial charge on any atom is 0.227 e. The molecule has 2 rings (SSSR count). The minimum atomic E-state index is 0.215. The Labute approximate surface area is 102 Å². The van der Waals surface area contributed by atoms with Crippen LogP contribution < -0.4 is 0 Å². The molecule has 1 atom stereocenters. The van der Waals surface area contributed by atoms with Crippen LogP contribution >= 0.6 is 0 Å². The van der Waals surface area contributed by atoms with Crippen molar-refractivity contribution < 1.29 is 9.53 Å². The number of carbonyl (C=O) groups excluding carboxylic acids is 1. The van der Waals surface area contributed by atoms with Crippen molar-refractivity contribution in [1.29, 1.82) is 0 Å². The molecule has 0 radical (unpaired) electrons. The van der Waals surface area contributed by atoms with Gasteiger partial charge in [-0.15, -0.1) is 0 Å². The van der Waals surface area contributed by atoms with Gasteiger partial charge in [0.2, 0.25) is 5.91 Å². The summed E-state index contributed by atoms with van der Waals surface area (Å²) >= 11 is 0. The summed E-state index contributed by atoms with van der Waals surface area (Å²) in [7, 11) is 1.68. The molecular formula is C14H19NO2. The number of rotatable bonds is 4. The lowest BCUT2D eigenvalue weighted by Gasteiger charge is -2.40. The van der Waals surface area contributed by atoms with E-state index in [1.807, 2.05) is 36.1 Å². The van der Waals surface area contributed by atoms with Crippen LogP contribution in [0.5, 0.6) is 0 Å². The molecule has 1 unspecified atom stereocenters. The molecule has 0 aliphatic carbocycles. The first-order valence-electron chi connectivity index (χ1n) is 6.05. The van der Waals surface area contributed by atoms with Crippen LogP contribution in [0.15, 0.2) is 24.3 Å². The van der Waals surface area contributed by atoms with E-state index in [9.17, 15) is 4.79 Å². The summed E-state index contributed by atoms with van der Waals surface area (Å²) in [6, 6.07) is 8.35. The molecule has 92 valence electrons. The first-order chi connectivity index (χ1) is 8.22. The van der Waals surface area contributed by atoms with Gasteiger partial charge in [-0.25, -0.2) is 0 Å². The van der Waals surface area contributed by atoms with Crippen LogP contribution in [0.4, 0.5) is 0 Å². The van der Waals surface area contributed by atoms with E-state index in [0.29, 0.717) is 13.0 Å². The van der Waals surface area contributed by atoms with Crippen LogP contribution in [0.1, 0.15) is 17.5 Å². The zero-order valence-electron chi connectivity index (χ0n) is 10.5. The second-order valence-corrected chi connectivity index (χ2v) is 4.59. The van der Waals surface area contributed by atoms with Gasteiger partial charge in [-0.3, -0.25) is 4.79 Å². The van der Waals surface area contributed by atoms with Crippen molar-refractivity contribution in [3.63, 3.8) is 0 Å². The minimum absolute atomic E-state index is 0.215. The molecule has 1 amide bonds. The largest absolute Gasteiger partial charge is 0.383 e. The summed E-state index contributed by atoms with van der Waals surface area (Å²) in [6.07, 6.45) is 1.57. The van der Waals surface area contributed by atoms with E-state index in [2.05, 4.69) is 0 Å². The molecule has 1 saturated heterocycles. The molecule has 3 heteroatoms. The van der Waals surface area contributed by atoms with E-state index in [1.54, 1.807) is 7.11 Å². The molecule has 1 aromatic carbocycles. The fraction of sp³-hybridized carbons (Fsp3) is 0.500. The normalized spacial score (nSPS) is 18.9. The number of aryl methyl sites for hydroxylation is 1. The SMILES string of the molecule is COCC1CCN1C(=O)Cc1ccccc1C. The van der Waals surface area contributed by atoms with Crippen molar-refractivity contribution in [2.75, 3.05) is 20.3 Å². The third-order valence-electron chi connectivity index (χ3n) is 3.43. The van der Waals surface area contributed by atoms with Gasteiger partial charge in [-0.2, -0.15) is 0 Å². The van der Waals surface area contributed by atoms with Crippen LogP contribution in [0.25, 0.3) is 0 Å². The number of nitrogens with zero attached hydrogens (tertiary/aromatic N) is 1. The second-order valence-electron chi connectivity index (χ2n) is 4.59. The number of likely N-dealkylation sites (tertiary alicyclic amines) is 1.